The van der Waals surface area contributed by atoms with Crippen LogP contribution in [0.3, 0.4) is 0 Å². The molecule has 0 bridgehead atoms. The van der Waals surface area contributed by atoms with E-state index in [0.29, 0.717) is 5.13 Å². The third-order valence-electron chi connectivity index (χ3n) is 2.00. The van der Waals surface area contributed by atoms with Gasteiger partial charge in [-0.15, -0.1) is 0 Å². The molecule has 1 aromatic carbocycles. The Morgan fingerprint density at radius 3 is 2.72 bits per heavy atom. The van der Waals surface area contributed by atoms with E-state index in [2.05, 4.69) is 26.2 Å². The number of carbonyl (C=O) groups excluding carboxylic acids is 1. The van der Waals surface area contributed by atoms with Crippen LogP contribution in [-0.2, 0) is 4.79 Å². The van der Waals surface area contributed by atoms with Crippen LogP contribution < -0.4 is 5.32 Å². The molecule has 0 radical (unpaired) electrons. The van der Waals surface area contributed by atoms with Gasteiger partial charge in [0.15, 0.2) is 5.13 Å². The molecule has 92 valence electrons. The highest BCUT2D eigenvalue weighted by atomic mass is 79.9. The van der Waals surface area contributed by atoms with Crippen molar-refractivity contribution in [3.63, 3.8) is 0 Å². The molecule has 1 aromatic heterocycles. The van der Waals surface area contributed by atoms with E-state index in [4.69, 9.17) is 0 Å². The maximum Gasteiger partial charge on any atom is 0.250 e. The van der Waals surface area contributed by atoms with Crippen LogP contribution in [0.25, 0.3) is 6.08 Å². The SMILES string of the molecule is O=C(/C=C/c1ccc(F)cc1)Nc1ncc(Br)s1. The van der Waals surface area contributed by atoms with Gasteiger partial charge in [0.2, 0.25) is 5.91 Å². The van der Waals surface area contributed by atoms with Gasteiger partial charge < -0.3 is 0 Å². The van der Waals surface area contributed by atoms with Gasteiger partial charge in [0.25, 0.3) is 0 Å². The number of hydrogen-bond donors (Lipinski definition) is 1. The van der Waals surface area contributed by atoms with Crippen LogP contribution in [0, 0.1) is 5.82 Å². The number of nitrogens with one attached hydrogen (secondary N) is 1. The molecular formula is C12H8BrFN2OS. The molecule has 18 heavy (non-hydrogen) atoms. The lowest BCUT2D eigenvalue weighted by atomic mass is 10.2. The number of benzene rings is 1. The second-order valence-electron chi connectivity index (χ2n) is 3.34. The molecule has 0 spiro atoms. The Balaban J connectivity index is 1.96. The van der Waals surface area contributed by atoms with Gasteiger partial charge in [0, 0.05) is 6.08 Å². The van der Waals surface area contributed by atoms with Crippen LogP contribution in [0.15, 0.2) is 40.3 Å². The van der Waals surface area contributed by atoms with Gasteiger partial charge in [-0.25, -0.2) is 9.37 Å². The van der Waals surface area contributed by atoms with E-state index in [-0.39, 0.29) is 11.7 Å². The molecule has 2 aromatic rings. The molecule has 6 heteroatoms. The Bertz CT molecular complexity index is 580. The van der Waals surface area contributed by atoms with Crippen LogP contribution in [0.5, 0.6) is 0 Å². The Hall–Kier alpha value is -1.53. The lowest BCUT2D eigenvalue weighted by Gasteiger charge is -1.95. The molecule has 2 rings (SSSR count). The third kappa shape index (κ3) is 3.75. The number of aromatic nitrogens is 1. The van der Waals surface area contributed by atoms with Crippen molar-refractivity contribution < 1.29 is 9.18 Å². The predicted molar refractivity (Wildman–Crippen MR) is 73.9 cm³/mol. The summed E-state index contributed by atoms with van der Waals surface area (Å²) in [5.74, 6) is -0.578. The van der Waals surface area contributed by atoms with Crippen molar-refractivity contribution in [1.82, 2.24) is 4.98 Å². The van der Waals surface area contributed by atoms with Crippen molar-refractivity contribution >= 4 is 44.4 Å². The zero-order valence-corrected chi connectivity index (χ0v) is 11.5. The first-order chi connectivity index (χ1) is 8.63. The number of carbonyl (C=O) groups is 1. The number of hydrogen-bond acceptors (Lipinski definition) is 3. The van der Waals surface area contributed by atoms with Crippen molar-refractivity contribution in [3.05, 3.63) is 51.7 Å². The zero-order chi connectivity index (χ0) is 13.0. The quantitative estimate of drug-likeness (QED) is 0.874. The van der Waals surface area contributed by atoms with Crippen LogP contribution in [0.1, 0.15) is 5.56 Å². The van der Waals surface area contributed by atoms with Crippen LogP contribution >= 0.6 is 27.3 Å². The first kappa shape index (κ1) is 12.9. The van der Waals surface area contributed by atoms with E-state index in [1.807, 2.05) is 0 Å². The summed E-state index contributed by atoms with van der Waals surface area (Å²) in [5, 5.41) is 3.15. The molecule has 0 aliphatic rings. The average molecular weight is 327 g/mol. The van der Waals surface area contributed by atoms with Gasteiger partial charge in [0.05, 0.1) is 9.98 Å². The Morgan fingerprint density at radius 1 is 1.39 bits per heavy atom. The first-order valence-electron chi connectivity index (χ1n) is 4.99. The van der Waals surface area contributed by atoms with E-state index >= 15 is 0 Å². The summed E-state index contributed by atoms with van der Waals surface area (Å²) in [7, 11) is 0. The summed E-state index contributed by atoms with van der Waals surface area (Å²) in [4.78, 5) is 15.5. The number of thiazole rings is 1. The number of anilines is 1. The maximum atomic E-state index is 12.7. The summed E-state index contributed by atoms with van der Waals surface area (Å²) in [6.45, 7) is 0. The van der Waals surface area contributed by atoms with Gasteiger partial charge in [0.1, 0.15) is 5.82 Å². The molecule has 0 atom stereocenters. The highest BCUT2D eigenvalue weighted by Crippen LogP contribution is 2.22. The largest absolute Gasteiger partial charge is 0.298 e. The van der Waals surface area contributed by atoms with E-state index in [1.54, 1.807) is 24.4 Å². The molecule has 3 nitrogen and oxygen atoms in total. The standard InChI is InChI=1S/C12H8BrFN2OS/c13-10-7-15-12(18-10)16-11(17)6-3-8-1-4-9(14)5-2-8/h1-7H,(H,15,16,17)/b6-3+. The van der Waals surface area contributed by atoms with Crippen molar-refractivity contribution in [3.8, 4) is 0 Å². The second-order valence-corrected chi connectivity index (χ2v) is 5.75. The summed E-state index contributed by atoms with van der Waals surface area (Å²) in [5.41, 5.74) is 0.756. The summed E-state index contributed by atoms with van der Waals surface area (Å²) >= 11 is 4.59. The summed E-state index contributed by atoms with van der Waals surface area (Å²) in [6, 6.07) is 5.88. The van der Waals surface area contributed by atoms with Gasteiger partial charge in [-0.05, 0) is 39.7 Å². The monoisotopic (exact) mass is 326 g/mol. The number of halogens is 2. The number of nitrogens with zero attached hydrogens (tertiary/aromatic N) is 1. The molecule has 0 aliphatic heterocycles. The number of rotatable bonds is 3. The van der Waals surface area contributed by atoms with Gasteiger partial charge in [-0.1, -0.05) is 23.5 Å². The lowest BCUT2D eigenvalue weighted by molar-refractivity contribution is -0.111. The normalized spacial score (nSPS) is 10.8. The first-order valence-corrected chi connectivity index (χ1v) is 6.60. The Labute approximate surface area is 115 Å². The van der Waals surface area contributed by atoms with E-state index in [9.17, 15) is 9.18 Å². The fourth-order valence-corrected chi connectivity index (χ4v) is 2.31. The molecule has 0 saturated heterocycles. The van der Waals surface area contributed by atoms with E-state index in [0.717, 1.165) is 9.35 Å². The summed E-state index contributed by atoms with van der Waals surface area (Å²) in [6.07, 6.45) is 4.60. The Kier molecular flexibility index (Phi) is 4.22. The zero-order valence-electron chi connectivity index (χ0n) is 9.06. The van der Waals surface area contributed by atoms with E-state index in [1.165, 1.54) is 29.5 Å². The number of amides is 1. The topological polar surface area (TPSA) is 42.0 Å². The van der Waals surface area contributed by atoms with Crippen LogP contribution in [0.2, 0.25) is 0 Å². The molecule has 1 N–H and O–H groups in total. The van der Waals surface area contributed by atoms with Crippen molar-refractivity contribution in [2.75, 3.05) is 5.32 Å². The molecule has 0 aliphatic carbocycles. The molecular weight excluding hydrogens is 319 g/mol. The minimum atomic E-state index is -0.302. The van der Waals surface area contributed by atoms with Crippen molar-refractivity contribution in [2.24, 2.45) is 0 Å². The molecule has 0 saturated carbocycles. The highest BCUT2D eigenvalue weighted by Gasteiger charge is 2.02. The van der Waals surface area contributed by atoms with Gasteiger partial charge >= 0.3 is 0 Å². The average Bonchev–Trinajstić information content (AvgIpc) is 2.74. The fraction of sp³-hybridized carbons (Fsp3) is 0. The maximum absolute atomic E-state index is 12.7. The van der Waals surface area contributed by atoms with E-state index < -0.39 is 0 Å². The minimum absolute atomic E-state index is 0.277. The molecule has 0 unspecified atom stereocenters. The highest BCUT2D eigenvalue weighted by molar-refractivity contribution is 9.11. The minimum Gasteiger partial charge on any atom is -0.298 e. The van der Waals surface area contributed by atoms with Gasteiger partial charge in [-0.2, -0.15) is 0 Å². The van der Waals surface area contributed by atoms with Crippen molar-refractivity contribution in [1.29, 1.82) is 0 Å². The smallest absolute Gasteiger partial charge is 0.250 e. The fourth-order valence-electron chi connectivity index (χ4n) is 1.21. The molecule has 0 fully saturated rings. The molecule has 1 heterocycles. The van der Waals surface area contributed by atoms with Crippen LogP contribution in [-0.4, -0.2) is 10.9 Å². The third-order valence-corrected chi connectivity index (χ3v) is 3.40. The van der Waals surface area contributed by atoms with Crippen molar-refractivity contribution in [2.45, 2.75) is 0 Å². The molecule has 1 amide bonds. The summed E-state index contributed by atoms with van der Waals surface area (Å²) < 4.78 is 13.5. The lowest BCUT2D eigenvalue weighted by Crippen LogP contribution is -2.06. The Morgan fingerprint density at radius 2 is 2.11 bits per heavy atom. The van der Waals surface area contributed by atoms with Crippen LogP contribution in [0.4, 0.5) is 9.52 Å². The predicted octanol–water partition coefficient (Wildman–Crippen LogP) is 3.70. The second kappa shape index (κ2) is 5.88. The van der Waals surface area contributed by atoms with Gasteiger partial charge in [-0.3, -0.25) is 10.1 Å².